The number of amides is 1. The number of carbonyl (C=O) groups excluding carboxylic acids is 2. The Morgan fingerprint density at radius 3 is 2.29 bits per heavy atom. The molecule has 2 saturated heterocycles. The Balaban J connectivity index is 1.29. The van der Waals surface area contributed by atoms with Crippen molar-refractivity contribution in [1.29, 1.82) is 0 Å². The Labute approximate surface area is 280 Å². The van der Waals surface area contributed by atoms with E-state index in [1.807, 2.05) is 66.7 Å². The predicted octanol–water partition coefficient (Wildman–Crippen LogP) is 4.62. The van der Waals surface area contributed by atoms with E-state index in [0.717, 1.165) is 54.4 Å². The van der Waals surface area contributed by atoms with Crippen LogP contribution in [0.2, 0.25) is 0 Å². The highest BCUT2D eigenvalue weighted by Gasteiger charge is 2.43. The van der Waals surface area contributed by atoms with Crippen LogP contribution in [-0.4, -0.2) is 76.8 Å². The van der Waals surface area contributed by atoms with Gasteiger partial charge in [-0.15, -0.1) is 0 Å². The maximum Gasteiger partial charge on any atom is 0.303 e. The minimum absolute atomic E-state index is 0.0448. The zero-order valence-electron chi connectivity index (χ0n) is 27.1. The van der Waals surface area contributed by atoms with E-state index in [1.54, 1.807) is 18.5 Å². The Hall–Kier alpha value is -4.68. The summed E-state index contributed by atoms with van der Waals surface area (Å²) in [7, 11) is 0. The third-order valence-corrected chi connectivity index (χ3v) is 8.75. The molecule has 1 aromatic heterocycles. The van der Waals surface area contributed by atoms with Gasteiger partial charge in [-0.05, 0) is 41.8 Å². The van der Waals surface area contributed by atoms with Gasteiger partial charge in [0.15, 0.2) is 12.4 Å². The van der Waals surface area contributed by atoms with Gasteiger partial charge in [0.1, 0.15) is 0 Å². The number of aliphatic hydroxyl groups is 1. The van der Waals surface area contributed by atoms with Gasteiger partial charge in [0.2, 0.25) is 5.95 Å². The molecule has 0 spiro atoms. The number of piperazine rings is 1. The number of esters is 1. The lowest BCUT2D eigenvalue weighted by Crippen LogP contribution is -2.51. The molecule has 3 aromatic carbocycles. The number of nitrogens with zero attached hydrogens (tertiary/aromatic N) is 4. The fraction of sp³-hybridized carbons (Fsp3) is 0.351. The molecule has 2 fully saturated rings. The van der Waals surface area contributed by atoms with E-state index in [9.17, 15) is 14.7 Å². The zero-order valence-corrected chi connectivity index (χ0v) is 27.1. The summed E-state index contributed by atoms with van der Waals surface area (Å²) < 4.78 is 18.8. The maximum absolute atomic E-state index is 12.7. The number of hydrogen-bond acceptors (Lipinski definition) is 10. The van der Waals surface area contributed by atoms with E-state index in [-0.39, 0.29) is 24.7 Å². The van der Waals surface area contributed by atoms with Crippen LogP contribution in [0.5, 0.6) is 0 Å². The van der Waals surface area contributed by atoms with Crippen LogP contribution in [-0.2, 0) is 30.4 Å². The summed E-state index contributed by atoms with van der Waals surface area (Å²) in [5.41, 5.74) is 4.18. The van der Waals surface area contributed by atoms with Crippen LogP contribution in [0.25, 0.3) is 0 Å². The van der Waals surface area contributed by atoms with Crippen LogP contribution in [0.4, 0.5) is 11.6 Å². The molecule has 5 atom stereocenters. The topological polar surface area (TPSA) is 126 Å². The SMILES string of the molecule is CC(=O)OC(C)C(=O)Nc1cccc(C2OC(CN3CCN(c4ncccn4)CC3)C(c3ccccc3)C(c3ccc(CO)cc3)O2)c1. The van der Waals surface area contributed by atoms with Crippen molar-refractivity contribution < 1.29 is 28.9 Å². The molecule has 4 aromatic rings. The number of nitrogens with one attached hydrogen (secondary N) is 1. The highest BCUT2D eigenvalue weighted by molar-refractivity contribution is 5.95. The first kappa shape index (κ1) is 33.2. The number of aromatic nitrogens is 2. The van der Waals surface area contributed by atoms with Crippen LogP contribution in [0.15, 0.2) is 97.3 Å². The number of carbonyl (C=O) groups is 2. The molecule has 5 unspecified atom stereocenters. The van der Waals surface area contributed by atoms with Crippen LogP contribution in [0.3, 0.4) is 0 Å². The molecular weight excluding hydrogens is 610 g/mol. The Morgan fingerprint density at radius 1 is 0.896 bits per heavy atom. The van der Waals surface area contributed by atoms with E-state index in [2.05, 4.69) is 37.2 Å². The second-order valence-corrected chi connectivity index (χ2v) is 12.1. The Kier molecular flexibility index (Phi) is 10.7. The third kappa shape index (κ3) is 8.06. The Bertz CT molecular complexity index is 1650. The number of benzene rings is 3. The van der Waals surface area contributed by atoms with Gasteiger partial charge >= 0.3 is 5.97 Å². The minimum Gasteiger partial charge on any atom is -0.453 e. The lowest BCUT2D eigenvalue weighted by atomic mass is 9.83. The van der Waals surface area contributed by atoms with E-state index in [4.69, 9.17) is 14.2 Å². The molecule has 11 nitrogen and oxygen atoms in total. The second kappa shape index (κ2) is 15.5. The summed E-state index contributed by atoms with van der Waals surface area (Å²) in [6.07, 6.45) is 1.23. The molecular formula is C37H41N5O6. The molecule has 2 aliphatic heterocycles. The average Bonchev–Trinajstić information content (AvgIpc) is 3.12. The molecule has 6 rings (SSSR count). The summed E-state index contributed by atoms with van der Waals surface area (Å²) in [5, 5.41) is 12.6. The number of anilines is 2. The molecule has 250 valence electrons. The van der Waals surface area contributed by atoms with E-state index >= 15 is 0 Å². The largest absolute Gasteiger partial charge is 0.453 e. The standard InChI is InChI=1S/C37H41N5O6/c1-25(46-26(2)44)35(45)40-31-11-6-10-30(22-31)36-47-32(23-41-18-20-42(21-19-41)37-38-16-7-17-39-37)33(28-8-4-3-5-9-28)34(48-36)29-14-12-27(24-43)13-15-29/h3-17,22,25,32-34,36,43H,18-21,23-24H2,1-2H3,(H,40,45). The van der Waals surface area contributed by atoms with Crippen molar-refractivity contribution in [3.63, 3.8) is 0 Å². The summed E-state index contributed by atoms with van der Waals surface area (Å²) in [6.45, 7) is 6.67. The lowest BCUT2D eigenvalue weighted by Gasteiger charge is -2.45. The van der Waals surface area contributed by atoms with Gasteiger partial charge in [-0.2, -0.15) is 0 Å². The average molecular weight is 652 g/mol. The minimum atomic E-state index is -0.940. The molecule has 2 aliphatic rings. The number of hydrogen-bond donors (Lipinski definition) is 2. The first-order valence-electron chi connectivity index (χ1n) is 16.3. The first-order valence-corrected chi connectivity index (χ1v) is 16.3. The fourth-order valence-electron chi connectivity index (χ4n) is 6.31. The molecule has 48 heavy (non-hydrogen) atoms. The fourth-order valence-corrected chi connectivity index (χ4v) is 6.31. The monoisotopic (exact) mass is 651 g/mol. The maximum atomic E-state index is 12.7. The molecule has 0 aliphatic carbocycles. The van der Waals surface area contributed by atoms with Crippen LogP contribution in [0, 0.1) is 0 Å². The molecule has 0 radical (unpaired) electrons. The van der Waals surface area contributed by atoms with Gasteiger partial charge in [0, 0.05) is 69.2 Å². The van der Waals surface area contributed by atoms with Crippen molar-refractivity contribution in [2.45, 2.75) is 51.0 Å². The van der Waals surface area contributed by atoms with Gasteiger partial charge in [-0.3, -0.25) is 14.5 Å². The summed E-state index contributed by atoms with van der Waals surface area (Å²) in [5.74, 6) is -0.355. The molecule has 2 N–H and O–H groups in total. The van der Waals surface area contributed by atoms with Crippen molar-refractivity contribution in [1.82, 2.24) is 14.9 Å². The third-order valence-electron chi connectivity index (χ3n) is 8.75. The van der Waals surface area contributed by atoms with Crippen LogP contribution in [0.1, 0.15) is 54.4 Å². The van der Waals surface area contributed by atoms with Crippen LogP contribution < -0.4 is 10.2 Å². The van der Waals surface area contributed by atoms with Crippen molar-refractivity contribution in [2.24, 2.45) is 0 Å². The summed E-state index contributed by atoms with van der Waals surface area (Å²) in [6, 6.07) is 27.3. The van der Waals surface area contributed by atoms with Gasteiger partial charge in [-0.25, -0.2) is 9.97 Å². The molecule has 0 saturated carbocycles. The van der Waals surface area contributed by atoms with Gasteiger partial charge in [0.25, 0.3) is 5.91 Å². The number of aliphatic hydroxyl groups excluding tert-OH is 1. The van der Waals surface area contributed by atoms with Gasteiger partial charge < -0.3 is 29.5 Å². The Morgan fingerprint density at radius 2 is 1.60 bits per heavy atom. The lowest BCUT2D eigenvalue weighted by molar-refractivity contribution is -0.263. The van der Waals surface area contributed by atoms with E-state index in [1.165, 1.54) is 13.8 Å². The number of ether oxygens (including phenoxy) is 3. The molecule has 11 heteroatoms. The van der Waals surface area contributed by atoms with Crippen molar-refractivity contribution >= 4 is 23.5 Å². The van der Waals surface area contributed by atoms with Crippen molar-refractivity contribution in [3.05, 3.63) is 120 Å². The summed E-state index contributed by atoms with van der Waals surface area (Å²) >= 11 is 0. The van der Waals surface area contributed by atoms with Crippen molar-refractivity contribution in [3.8, 4) is 0 Å². The quantitative estimate of drug-likeness (QED) is 0.235. The highest BCUT2D eigenvalue weighted by atomic mass is 16.7. The number of rotatable bonds is 10. The molecule has 0 bridgehead atoms. The normalized spacial score (nSPS) is 22.1. The zero-order chi connectivity index (χ0) is 33.5. The first-order chi connectivity index (χ1) is 23.4. The predicted molar refractivity (Wildman–Crippen MR) is 180 cm³/mol. The van der Waals surface area contributed by atoms with Gasteiger partial charge in [-0.1, -0.05) is 66.7 Å². The second-order valence-electron chi connectivity index (χ2n) is 12.1. The van der Waals surface area contributed by atoms with Gasteiger partial charge in [0.05, 0.1) is 18.8 Å². The van der Waals surface area contributed by atoms with Crippen molar-refractivity contribution in [2.75, 3.05) is 42.9 Å². The van der Waals surface area contributed by atoms with E-state index in [0.29, 0.717) is 12.2 Å². The van der Waals surface area contributed by atoms with Crippen LogP contribution >= 0.6 is 0 Å². The smallest absolute Gasteiger partial charge is 0.303 e. The summed E-state index contributed by atoms with van der Waals surface area (Å²) in [4.78, 5) is 37.6. The molecule has 1 amide bonds. The molecule has 3 heterocycles. The van der Waals surface area contributed by atoms with E-state index < -0.39 is 24.3 Å². The highest BCUT2D eigenvalue weighted by Crippen LogP contribution is 2.47.